The molecule has 0 aliphatic carbocycles. The van der Waals surface area contributed by atoms with Crippen molar-refractivity contribution in [2.45, 2.75) is 25.8 Å². The van der Waals surface area contributed by atoms with Crippen LogP contribution in [0.15, 0.2) is 12.1 Å². The van der Waals surface area contributed by atoms with Crippen LogP contribution >= 0.6 is 0 Å². The fraction of sp³-hybridized carbons (Fsp3) is 0.500. The number of sulfone groups is 1. The Kier molecular flexibility index (Phi) is 4.63. The van der Waals surface area contributed by atoms with Gasteiger partial charge in [0.2, 0.25) is 5.91 Å². The molecule has 1 aliphatic rings. The van der Waals surface area contributed by atoms with E-state index in [0.29, 0.717) is 30.6 Å². The monoisotopic (exact) mass is 314 g/mol. The quantitative estimate of drug-likeness (QED) is 0.861. The number of carbonyl (C=O) groups is 1. The van der Waals surface area contributed by atoms with E-state index in [2.05, 4.69) is 10.6 Å². The van der Waals surface area contributed by atoms with E-state index in [9.17, 15) is 17.6 Å². The molecular weight excluding hydrogens is 295 g/mol. The fourth-order valence-corrected chi connectivity index (χ4v) is 3.40. The van der Waals surface area contributed by atoms with E-state index >= 15 is 0 Å². The van der Waals surface area contributed by atoms with Gasteiger partial charge in [-0.15, -0.1) is 0 Å². The van der Waals surface area contributed by atoms with Crippen molar-refractivity contribution in [3.8, 4) is 0 Å². The van der Waals surface area contributed by atoms with Crippen LogP contribution in [0.3, 0.4) is 0 Å². The van der Waals surface area contributed by atoms with Gasteiger partial charge in [-0.1, -0.05) is 6.92 Å². The molecule has 1 unspecified atom stereocenters. The molecule has 5 nitrogen and oxygen atoms in total. The Hall–Kier alpha value is -1.47. The Morgan fingerprint density at radius 2 is 2.10 bits per heavy atom. The number of fused-ring (bicyclic) bond motifs is 1. The van der Waals surface area contributed by atoms with Gasteiger partial charge in [0.1, 0.15) is 15.7 Å². The minimum absolute atomic E-state index is 0.131. The number of rotatable bonds is 5. The second-order valence-corrected chi connectivity index (χ2v) is 7.47. The van der Waals surface area contributed by atoms with Crippen LogP contribution in [-0.2, 0) is 21.1 Å². The number of nitrogens with one attached hydrogen (secondary N) is 2. The standard InChI is InChI=1S/C14H19FN2O3S/c1-3-16-13(8-21(2,19)20)10-6-9-4-5-14(18)17-12(9)7-11(10)15/h6-7,13,16H,3-5,8H2,1-2H3,(H,17,18). The SMILES string of the molecule is CCNC(CS(C)(=O)=O)c1cc2c(cc1F)NC(=O)CC2. The zero-order valence-corrected chi connectivity index (χ0v) is 12.9. The summed E-state index contributed by atoms with van der Waals surface area (Å²) < 4.78 is 37.3. The molecule has 1 amide bonds. The number of anilines is 1. The zero-order chi connectivity index (χ0) is 15.6. The predicted molar refractivity (Wildman–Crippen MR) is 79.5 cm³/mol. The fourth-order valence-electron chi connectivity index (χ4n) is 2.50. The molecule has 0 aromatic heterocycles. The topological polar surface area (TPSA) is 75.3 Å². The van der Waals surface area contributed by atoms with Crippen molar-refractivity contribution in [1.29, 1.82) is 0 Å². The van der Waals surface area contributed by atoms with E-state index in [0.717, 1.165) is 11.8 Å². The number of hydrogen-bond acceptors (Lipinski definition) is 4. The van der Waals surface area contributed by atoms with Gasteiger partial charge in [-0.2, -0.15) is 0 Å². The van der Waals surface area contributed by atoms with E-state index in [4.69, 9.17) is 0 Å². The summed E-state index contributed by atoms with van der Waals surface area (Å²) in [4.78, 5) is 11.3. The lowest BCUT2D eigenvalue weighted by atomic mass is 9.97. The third-order valence-electron chi connectivity index (χ3n) is 3.41. The molecule has 1 aliphatic heterocycles. The number of hydrogen-bond donors (Lipinski definition) is 2. The molecule has 21 heavy (non-hydrogen) atoms. The van der Waals surface area contributed by atoms with Crippen molar-refractivity contribution in [2.24, 2.45) is 0 Å². The lowest BCUT2D eigenvalue weighted by Crippen LogP contribution is -2.29. The third-order valence-corrected chi connectivity index (χ3v) is 4.35. The Bertz CT molecular complexity index is 658. The maximum absolute atomic E-state index is 14.3. The third kappa shape index (κ3) is 4.01. The Labute approximate surface area is 123 Å². The average Bonchev–Trinajstić information content (AvgIpc) is 2.35. The van der Waals surface area contributed by atoms with Gasteiger partial charge < -0.3 is 10.6 Å². The van der Waals surface area contributed by atoms with E-state index in [1.807, 2.05) is 6.92 Å². The molecule has 7 heteroatoms. The molecule has 2 N–H and O–H groups in total. The average molecular weight is 314 g/mol. The molecule has 116 valence electrons. The zero-order valence-electron chi connectivity index (χ0n) is 12.1. The van der Waals surface area contributed by atoms with Gasteiger partial charge >= 0.3 is 0 Å². The van der Waals surface area contributed by atoms with Crippen molar-refractivity contribution in [3.05, 3.63) is 29.1 Å². The van der Waals surface area contributed by atoms with Crippen LogP contribution in [0.2, 0.25) is 0 Å². The second-order valence-electron chi connectivity index (χ2n) is 5.28. The minimum Gasteiger partial charge on any atom is -0.326 e. The van der Waals surface area contributed by atoms with Gasteiger partial charge in [0, 0.05) is 30.0 Å². The summed E-state index contributed by atoms with van der Waals surface area (Å²) in [5, 5.41) is 5.63. The highest BCUT2D eigenvalue weighted by Gasteiger charge is 2.23. The van der Waals surface area contributed by atoms with Crippen LogP contribution in [0, 0.1) is 5.82 Å². The summed E-state index contributed by atoms with van der Waals surface area (Å²) in [5.41, 5.74) is 1.64. The summed E-state index contributed by atoms with van der Waals surface area (Å²) in [6, 6.07) is 2.34. The van der Waals surface area contributed by atoms with Crippen LogP contribution in [0.5, 0.6) is 0 Å². The Morgan fingerprint density at radius 3 is 2.71 bits per heavy atom. The van der Waals surface area contributed by atoms with E-state index < -0.39 is 21.7 Å². The largest absolute Gasteiger partial charge is 0.326 e. The first-order valence-corrected chi connectivity index (χ1v) is 8.89. The minimum atomic E-state index is -3.24. The molecule has 0 saturated carbocycles. The van der Waals surface area contributed by atoms with Crippen LogP contribution in [-0.4, -0.2) is 32.9 Å². The second kappa shape index (κ2) is 6.11. The molecule has 2 rings (SSSR count). The number of amides is 1. The summed E-state index contributed by atoms with van der Waals surface area (Å²) in [6.07, 6.45) is 2.02. The number of halogens is 1. The van der Waals surface area contributed by atoms with Crippen LogP contribution < -0.4 is 10.6 Å². The normalized spacial score (nSPS) is 16.2. The Balaban J connectivity index is 2.39. The van der Waals surface area contributed by atoms with Gasteiger partial charge in [0.15, 0.2) is 0 Å². The Morgan fingerprint density at radius 1 is 1.38 bits per heavy atom. The van der Waals surface area contributed by atoms with E-state index in [1.54, 1.807) is 6.07 Å². The molecule has 0 spiro atoms. The highest BCUT2D eigenvalue weighted by molar-refractivity contribution is 7.90. The maximum Gasteiger partial charge on any atom is 0.224 e. The predicted octanol–water partition coefficient (Wildman–Crippen LogP) is 1.41. The van der Waals surface area contributed by atoms with Crippen molar-refractivity contribution in [2.75, 3.05) is 23.9 Å². The first kappa shape index (κ1) is 15.9. The van der Waals surface area contributed by atoms with Gasteiger partial charge in [-0.05, 0) is 30.7 Å². The van der Waals surface area contributed by atoms with Crippen molar-refractivity contribution < 1.29 is 17.6 Å². The van der Waals surface area contributed by atoms with Crippen molar-refractivity contribution in [3.63, 3.8) is 0 Å². The first-order chi connectivity index (χ1) is 9.80. The van der Waals surface area contributed by atoms with Crippen LogP contribution in [0.4, 0.5) is 10.1 Å². The number of benzene rings is 1. The smallest absolute Gasteiger partial charge is 0.224 e. The van der Waals surface area contributed by atoms with Crippen LogP contribution in [0.1, 0.15) is 30.5 Å². The molecule has 1 atom stereocenters. The highest BCUT2D eigenvalue weighted by Crippen LogP contribution is 2.29. The summed E-state index contributed by atoms with van der Waals surface area (Å²) >= 11 is 0. The molecule has 1 heterocycles. The number of aryl methyl sites for hydroxylation is 1. The molecule has 1 aromatic rings. The summed E-state index contributed by atoms with van der Waals surface area (Å²) in [7, 11) is -3.24. The molecule has 0 radical (unpaired) electrons. The van der Waals surface area contributed by atoms with Gasteiger partial charge in [-0.25, -0.2) is 12.8 Å². The lowest BCUT2D eigenvalue weighted by Gasteiger charge is -2.22. The van der Waals surface area contributed by atoms with Gasteiger partial charge in [0.25, 0.3) is 0 Å². The first-order valence-electron chi connectivity index (χ1n) is 6.83. The molecule has 0 bridgehead atoms. The molecular formula is C14H19FN2O3S. The van der Waals surface area contributed by atoms with Gasteiger partial charge in [0.05, 0.1) is 5.75 Å². The van der Waals surface area contributed by atoms with Crippen molar-refractivity contribution >= 4 is 21.4 Å². The lowest BCUT2D eigenvalue weighted by molar-refractivity contribution is -0.116. The summed E-state index contributed by atoms with van der Waals surface area (Å²) in [5.74, 6) is -0.803. The molecule has 0 fully saturated rings. The van der Waals surface area contributed by atoms with E-state index in [1.165, 1.54) is 6.07 Å². The maximum atomic E-state index is 14.3. The van der Waals surface area contributed by atoms with Crippen molar-refractivity contribution in [1.82, 2.24) is 5.32 Å². The summed E-state index contributed by atoms with van der Waals surface area (Å²) in [6.45, 7) is 2.37. The molecule has 1 aromatic carbocycles. The highest BCUT2D eigenvalue weighted by atomic mass is 32.2. The number of carbonyl (C=O) groups excluding carboxylic acids is 1. The van der Waals surface area contributed by atoms with Crippen LogP contribution in [0.25, 0.3) is 0 Å². The van der Waals surface area contributed by atoms with Gasteiger partial charge in [-0.3, -0.25) is 4.79 Å². The van der Waals surface area contributed by atoms with E-state index in [-0.39, 0.29) is 11.7 Å². The molecule has 0 saturated heterocycles.